The number of aliphatic hydroxyl groups is 1. The largest absolute Gasteiger partial charge is 0.508 e. The van der Waals surface area contributed by atoms with Crippen LogP contribution in [-0.2, 0) is 6.42 Å². The summed E-state index contributed by atoms with van der Waals surface area (Å²) in [6.45, 7) is 2.61. The number of phenolic OH excluding ortho intramolecular Hbond substituents is 1. The summed E-state index contributed by atoms with van der Waals surface area (Å²) in [5, 5.41) is 21.1. The van der Waals surface area contributed by atoms with Gasteiger partial charge in [0.05, 0.1) is 11.6 Å². The highest BCUT2D eigenvalue weighted by molar-refractivity contribution is 5.96. The van der Waals surface area contributed by atoms with Gasteiger partial charge in [0.15, 0.2) is 0 Å². The Morgan fingerprint density at radius 3 is 2.78 bits per heavy atom. The van der Waals surface area contributed by atoms with Crippen molar-refractivity contribution < 1.29 is 15.0 Å². The van der Waals surface area contributed by atoms with Gasteiger partial charge in [-0.15, -0.1) is 0 Å². The molecule has 0 radical (unpaired) electrons. The molecule has 1 amide bonds. The van der Waals surface area contributed by atoms with Crippen molar-refractivity contribution in [2.24, 2.45) is 5.92 Å². The van der Waals surface area contributed by atoms with Crippen LogP contribution in [0.2, 0.25) is 0 Å². The number of aromatic hydroxyl groups is 1. The van der Waals surface area contributed by atoms with Crippen molar-refractivity contribution in [2.45, 2.75) is 19.4 Å². The van der Waals surface area contributed by atoms with E-state index in [1.165, 1.54) is 6.07 Å². The summed E-state index contributed by atoms with van der Waals surface area (Å²) in [4.78, 5) is 19.2. The second-order valence-electron chi connectivity index (χ2n) is 7.24. The number of amides is 1. The van der Waals surface area contributed by atoms with E-state index in [4.69, 9.17) is 0 Å². The first-order valence-electron chi connectivity index (χ1n) is 9.13. The van der Waals surface area contributed by atoms with E-state index in [2.05, 4.69) is 4.98 Å². The number of carbonyl (C=O) groups is 1. The number of nitrogens with zero attached hydrogens (tertiary/aromatic N) is 2. The number of rotatable bonds is 3. The zero-order chi connectivity index (χ0) is 19.0. The normalized spacial score (nSPS) is 19.6. The van der Waals surface area contributed by atoms with E-state index in [1.807, 2.05) is 36.4 Å². The Balaban J connectivity index is 1.49. The molecule has 138 valence electrons. The average molecular weight is 362 g/mol. The number of β-amino-alcohol motifs (C(OH)–C–C–N with tert-alkyl or cyclic N) is 1. The molecule has 2 atom stereocenters. The number of hydrogen-bond acceptors (Lipinski definition) is 4. The lowest BCUT2D eigenvalue weighted by atomic mass is 9.99. The van der Waals surface area contributed by atoms with Crippen molar-refractivity contribution in [3.05, 3.63) is 71.4 Å². The van der Waals surface area contributed by atoms with Crippen LogP contribution in [0.15, 0.2) is 54.6 Å². The van der Waals surface area contributed by atoms with Crippen LogP contribution in [0.1, 0.15) is 21.6 Å². The fourth-order valence-corrected chi connectivity index (χ4v) is 3.77. The Morgan fingerprint density at radius 1 is 1.15 bits per heavy atom. The molecular weight excluding hydrogens is 340 g/mol. The van der Waals surface area contributed by atoms with Crippen molar-refractivity contribution in [3.8, 4) is 5.75 Å². The molecule has 0 bridgehead atoms. The number of aryl methyl sites for hydroxylation is 1. The molecule has 0 spiro atoms. The van der Waals surface area contributed by atoms with E-state index in [0.29, 0.717) is 25.1 Å². The van der Waals surface area contributed by atoms with Crippen LogP contribution in [0.25, 0.3) is 10.9 Å². The van der Waals surface area contributed by atoms with Crippen LogP contribution in [0.5, 0.6) is 5.75 Å². The first kappa shape index (κ1) is 17.5. The lowest BCUT2D eigenvalue weighted by Gasteiger charge is -2.17. The topological polar surface area (TPSA) is 73.7 Å². The summed E-state index contributed by atoms with van der Waals surface area (Å²) in [5.41, 5.74) is 3.15. The maximum atomic E-state index is 12.8. The Hall–Kier alpha value is -2.92. The Bertz CT molecular complexity index is 1000. The lowest BCUT2D eigenvalue weighted by Crippen LogP contribution is -2.30. The molecule has 27 heavy (non-hydrogen) atoms. The molecule has 2 N–H and O–H groups in total. The number of hydrogen-bond donors (Lipinski definition) is 2. The molecule has 0 aliphatic carbocycles. The predicted molar refractivity (Wildman–Crippen MR) is 104 cm³/mol. The zero-order valence-electron chi connectivity index (χ0n) is 15.2. The molecule has 5 heteroatoms. The van der Waals surface area contributed by atoms with Gasteiger partial charge in [0.1, 0.15) is 5.75 Å². The minimum Gasteiger partial charge on any atom is -0.508 e. The van der Waals surface area contributed by atoms with Gasteiger partial charge in [-0.05, 0) is 49.2 Å². The van der Waals surface area contributed by atoms with Crippen molar-refractivity contribution in [1.29, 1.82) is 0 Å². The molecule has 1 aliphatic rings. The number of benzene rings is 2. The average Bonchev–Trinajstić information content (AvgIpc) is 3.02. The van der Waals surface area contributed by atoms with Crippen molar-refractivity contribution in [1.82, 2.24) is 9.88 Å². The molecule has 4 rings (SSSR count). The van der Waals surface area contributed by atoms with Crippen molar-refractivity contribution in [2.75, 3.05) is 13.1 Å². The number of fused-ring (bicyclic) bond motifs is 1. The number of likely N-dealkylation sites (tertiary alicyclic amines) is 1. The van der Waals surface area contributed by atoms with E-state index in [0.717, 1.165) is 22.2 Å². The summed E-state index contributed by atoms with van der Waals surface area (Å²) < 4.78 is 0. The van der Waals surface area contributed by atoms with Crippen LogP contribution < -0.4 is 0 Å². The van der Waals surface area contributed by atoms with Crippen molar-refractivity contribution in [3.63, 3.8) is 0 Å². The van der Waals surface area contributed by atoms with Gasteiger partial charge >= 0.3 is 0 Å². The summed E-state index contributed by atoms with van der Waals surface area (Å²) in [7, 11) is 0. The standard InChI is InChI=1S/C22H22N2O3/c1-14-10-18(25)8-9-19(14)22(27)24-12-16(21(26)13-24)11-17-7-6-15-4-2-3-5-20(15)23-17/h2-10,16,21,25-26H,11-13H2,1H3/t16-,21-/m1/s1. The molecule has 2 aromatic carbocycles. The second-order valence-corrected chi connectivity index (χ2v) is 7.24. The minimum absolute atomic E-state index is 0.0416. The summed E-state index contributed by atoms with van der Waals surface area (Å²) in [5.74, 6) is -0.00804. The zero-order valence-corrected chi connectivity index (χ0v) is 15.2. The van der Waals surface area contributed by atoms with Crippen LogP contribution in [-0.4, -0.2) is 45.2 Å². The first-order valence-corrected chi connectivity index (χ1v) is 9.13. The number of aromatic nitrogens is 1. The smallest absolute Gasteiger partial charge is 0.254 e. The van der Waals surface area contributed by atoms with E-state index >= 15 is 0 Å². The van der Waals surface area contributed by atoms with E-state index in [1.54, 1.807) is 24.0 Å². The molecule has 1 saturated heterocycles. The quantitative estimate of drug-likeness (QED) is 0.751. The predicted octanol–water partition coefficient (Wildman–Crippen LogP) is 2.92. The van der Waals surface area contributed by atoms with Crippen LogP contribution >= 0.6 is 0 Å². The van der Waals surface area contributed by atoms with Gasteiger partial charge in [-0.1, -0.05) is 24.3 Å². The van der Waals surface area contributed by atoms with Gasteiger partial charge < -0.3 is 15.1 Å². The maximum absolute atomic E-state index is 12.8. The lowest BCUT2D eigenvalue weighted by molar-refractivity contribution is 0.0764. The van der Waals surface area contributed by atoms with Crippen LogP contribution in [0.4, 0.5) is 0 Å². The molecular formula is C22H22N2O3. The van der Waals surface area contributed by atoms with Gasteiger partial charge in [-0.2, -0.15) is 0 Å². The van der Waals surface area contributed by atoms with Gasteiger partial charge in [0, 0.05) is 35.7 Å². The monoisotopic (exact) mass is 362 g/mol. The Labute approximate surface area is 157 Å². The highest BCUT2D eigenvalue weighted by Gasteiger charge is 2.35. The van der Waals surface area contributed by atoms with Gasteiger partial charge in [0.2, 0.25) is 0 Å². The molecule has 0 saturated carbocycles. The molecule has 1 aliphatic heterocycles. The van der Waals surface area contributed by atoms with Gasteiger partial charge in [-0.25, -0.2) is 0 Å². The Kier molecular flexibility index (Phi) is 4.54. The molecule has 2 heterocycles. The summed E-state index contributed by atoms with van der Waals surface area (Å²) in [6.07, 6.45) is 0.0595. The fourth-order valence-electron chi connectivity index (χ4n) is 3.77. The molecule has 3 aromatic rings. The Morgan fingerprint density at radius 2 is 1.96 bits per heavy atom. The molecule has 5 nitrogen and oxygen atoms in total. The van der Waals surface area contributed by atoms with Crippen LogP contribution in [0, 0.1) is 12.8 Å². The minimum atomic E-state index is -0.570. The third-order valence-electron chi connectivity index (χ3n) is 5.26. The van der Waals surface area contributed by atoms with E-state index in [-0.39, 0.29) is 17.6 Å². The highest BCUT2D eigenvalue weighted by Crippen LogP contribution is 2.25. The van der Waals surface area contributed by atoms with Crippen LogP contribution in [0.3, 0.4) is 0 Å². The summed E-state index contributed by atoms with van der Waals surface area (Å²) in [6, 6.07) is 16.7. The number of phenols is 1. The van der Waals surface area contributed by atoms with E-state index in [9.17, 15) is 15.0 Å². The van der Waals surface area contributed by atoms with Gasteiger partial charge in [0.25, 0.3) is 5.91 Å². The second kappa shape index (κ2) is 7.00. The third kappa shape index (κ3) is 3.51. The van der Waals surface area contributed by atoms with E-state index < -0.39 is 6.10 Å². The number of para-hydroxylation sites is 1. The van der Waals surface area contributed by atoms with Crippen molar-refractivity contribution >= 4 is 16.8 Å². The summed E-state index contributed by atoms with van der Waals surface area (Å²) >= 11 is 0. The first-order chi connectivity index (χ1) is 13.0. The molecule has 1 fully saturated rings. The fraction of sp³-hybridized carbons (Fsp3) is 0.273. The number of aliphatic hydroxyl groups excluding tert-OH is 1. The van der Waals surface area contributed by atoms with Gasteiger partial charge in [-0.3, -0.25) is 9.78 Å². The third-order valence-corrected chi connectivity index (χ3v) is 5.26. The SMILES string of the molecule is Cc1cc(O)ccc1C(=O)N1C[C@@H](Cc2ccc3ccccc3n2)[C@H](O)C1. The maximum Gasteiger partial charge on any atom is 0.254 e. The molecule has 1 aromatic heterocycles. The highest BCUT2D eigenvalue weighted by atomic mass is 16.3. The molecule has 0 unspecified atom stereocenters. The number of carbonyl (C=O) groups excluding carboxylic acids is 1. The number of pyridine rings is 1.